The Kier molecular flexibility index (Phi) is 5.16. The summed E-state index contributed by atoms with van der Waals surface area (Å²) in [6.07, 6.45) is 0. The number of ether oxygens (including phenoxy) is 1. The van der Waals surface area contributed by atoms with E-state index in [1.54, 1.807) is 13.2 Å². The summed E-state index contributed by atoms with van der Waals surface area (Å²) in [6.45, 7) is 6.40. The number of methoxy groups -OCH3 is 1. The lowest BCUT2D eigenvalue weighted by Crippen LogP contribution is -2.49. The maximum absolute atomic E-state index is 12.1. The van der Waals surface area contributed by atoms with E-state index < -0.39 is 5.54 Å². The van der Waals surface area contributed by atoms with E-state index in [-0.39, 0.29) is 5.91 Å². The van der Waals surface area contributed by atoms with Gasteiger partial charge in [0, 0.05) is 10.5 Å². The molecule has 1 rings (SSSR count). The van der Waals surface area contributed by atoms with E-state index >= 15 is 0 Å². The molecule has 0 aromatic heterocycles. The fourth-order valence-electron chi connectivity index (χ4n) is 1.53. The molecule has 0 atom stereocenters. The quantitative estimate of drug-likeness (QED) is 0.878. The third-order valence-electron chi connectivity index (χ3n) is 2.61. The fraction of sp³-hybridized carbons (Fsp3) is 0.462. The molecule has 2 N–H and O–H groups in total. The Morgan fingerprint density at radius 2 is 2.11 bits per heavy atom. The van der Waals surface area contributed by atoms with Gasteiger partial charge in [-0.3, -0.25) is 4.79 Å². The molecule has 0 heterocycles. The molecule has 1 aromatic rings. The van der Waals surface area contributed by atoms with Gasteiger partial charge in [0.1, 0.15) is 5.75 Å². The Balaban J connectivity index is 2.87. The summed E-state index contributed by atoms with van der Waals surface area (Å²) in [7, 11) is 1.59. The number of hydrogen-bond acceptors (Lipinski definition) is 3. The predicted octanol–water partition coefficient (Wildman–Crippen LogP) is 2.78. The molecular formula is C13H19BrN2O2. The van der Waals surface area contributed by atoms with Gasteiger partial charge in [-0.25, -0.2) is 0 Å². The van der Waals surface area contributed by atoms with Crippen LogP contribution in [0.5, 0.6) is 5.75 Å². The molecule has 1 aromatic carbocycles. The molecule has 0 spiro atoms. The molecule has 0 aliphatic rings. The molecule has 100 valence electrons. The number of anilines is 1. The van der Waals surface area contributed by atoms with Gasteiger partial charge in [-0.1, -0.05) is 6.92 Å². The van der Waals surface area contributed by atoms with Gasteiger partial charge in [0.25, 0.3) is 0 Å². The van der Waals surface area contributed by atoms with Crippen LogP contribution in [-0.2, 0) is 4.79 Å². The smallest absolute Gasteiger partial charge is 0.244 e. The highest BCUT2D eigenvalue weighted by Crippen LogP contribution is 2.27. The molecule has 0 unspecified atom stereocenters. The number of hydrogen-bond donors (Lipinski definition) is 2. The van der Waals surface area contributed by atoms with E-state index in [2.05, 4.69) is 26.6 Å². The molecule has 0 fully saturated rings. The standard InChI is InChI=1S/C13H19BrN2O2/c1-5-15-13(2,3)12(17)16-11-8-9(18-4)6-7-10(11)14/h6-8,15H,5H2,1-4H3,(H,16,17). The van der Waals surface area contributed by atoms with Crippen molar-refractivity contribution in [1.29, 1.82) is 0 Å². The topological polar surface area (TPSA) is 50.4 Å². The van der Waals surface area contributed by atoms with Crippen LogP contribution in [0, 0.1) is 0 Å². The summed E-state index contributed by atoms with van der Waals surface area (Å²) >= 11 is 3.40. The average Bonchev–Trinajstić information content (AvgIpc) is 2.31. The molecule has 0 saturated heterocycles. The average molecular weight is 315 g/mol. The number of rotatable bonds is 5. The first-order valence-corrected chi connectivity index (χ1v) is 6.60. The maximum atomic E-state index is 12.1. The van der Waals surface area contributed by atoms with Gasteiger partial charge in [-0.2, -0.15) is 0 Å². The molecule has 18 heavy (non-hydrogen) atoms. The van der Waals surface area contributed by atoms with E-state index in [9.17, 15) is 4.79 Å². The van der Waals surface area contributed by atoms with Crippen LogP contribution in [0.25, 0.3) is 0 Å². The lowest BCUT2D eigenvalue weighted by Gasteiger charge is -2.24. The summed E-state index contributed by atoms with van der Waals surface area (Å²) in [5, 5.41) is 6.01. The fourth-order valence-corrected chi connectivity index (χ4v) is 1.87. The van der Waals surface area contributed by atoms with Crippen molar-refractivity contribution in [3.63, 3.8) is 0 Å². The maximum Gasteiger partial charge on any atom is 0.244 e. The second-order valence-electron chi connectivity index (χ2n) is 4.46. The van der Waals surface area contributed by atoms with Crippen molar-refractivity contribution in [1.82, 2.24) is 5.32 Å². The Bertz CT molecular complexity index is 433. The molecule has 1 amide bonds. The molecule has 0 aliphatic heterocycles. The zero-order valence-corrected chi connectivity index (χ0v) is 12.7. The van der Waals surface area contributed by atoms with Crippen molar-refractivity contribution < 1.29 is 9.53 Å². The Hall–Kier alpha value is -1.07. The van der Waals surface area contributed by atoms with Crippen LogP contribution in [0.1, 0.15) is 20.8 Å². The monoisotopic (exact) mass is 314 g/mol. The molecule has 0 radical (unpaired) electrons. The molecule has 0 aliphatic carbocycles. The van der Waals surface area contributed by atoms with Crippen molar-refractivity contribution in [3.05, 3.63) is 22.7 Å². The first-order chi connectivity index (χ1) is 8.40. The Morgan fingerprint density at radius 3 is 2.67 bits per heavy atom. The lowest BCUT2D eigenvalue weighted by atomic mass is 10.0. The zero-order chi connectivity index (χ0) is 13.8. The van der Waals surface area contributed by atoms with Crippen LogP contribution in [0.3, 0.4) is 0 Å². The summed E-state index contributed by atoms with van der Waals surface area (Å²) in [5.41, 5.74) is 0.0856. The van der Waals surface area contributed by atoms with Gasteiger partial charge in [-0.05, 0) is 48.5 Å². The van der Waals surface area contributed by atoms with Crippen molar-refractivity contribution >= 4 is 27.5 Å². The molecular weight excluding hydrogens is 296 g/mol. The minimum absolute atomic E-state index is 0.0849. The van der Waals surface area contributed by atoms with Crippen LogP contribution in [0.15, 0.2) is 22.7 Å². The largest absolute Gasteiger partial charge is 0.497 e. The summed E-state index contributed by atoms with van der Waals surface area (Å²) in [4.78, 5) is 12.1. The minimum atomic E-state index is -0.614. The molecule has 4 nitrogen and oxygen atoms in total. The van der Waals surface area contributed by atoms with Gasteiger partial charge in [0.15, 0.2) is 0 Å². The van der Waals surface area contributed by atoms with E-state index in [4.69, 9.17) is 4.74 Å². The van der Waals surface area contributed by atoms with E-state index in [1.807, 2.05) is 32.9 Å². The number of carbonyl (C=O) groups is 1. The molecule has 5 heteroatoms. The highest BCUT2D eigenvalue weighted by Gasteiger charge is 2.26. The van der Waals surface area contributed by atoms with E-state index in [0.29, 0.717) is 11.4 Å². The number of likely N-dealkylation sites (N-methyl/N-ethyl adjacent to an activating group) is 1. The minimum Gasteiger partial charge on any atom is -0.497 e. The molecule has 0 saturated carbocycles. The van der Waals surface area contributed by atoms with Crippen molar-refractivity contribution in [3.8, 4) is 5.75 Å². The Morgan fingerprint density at radius 1 is 1.44 bits per heavy atom. The zero-order valence-electron chi connectivity index (χ0n) is 11.1. The normalized spacial score (nSPS) is 11.2. The number of halogens is 1. The number of benzene rings is 1. The number of nitrogens with one attached hydrogen (secondary N) is 2. The van der Waals surface area contributed by atoms with Gasteiger partial charge in [0.05, 0.1) is 18.3 Å². The predicted molar refractivity (Wildman–Crippen MR) is 77.1 cm³/mol. The third kappa shape index (κ3) is 3.71. The summed E-state index contributed by atoms with van der Waals surface area (Å²) < 4.78 is 5.96. The van der Waals surface area contributed by atoms with Gasteiger partial charge < -0.3 is 15.4 Å². The summed E-state index contributed by atoms with van der Waals surface area (Å²) in [5.74, 6) is 0.619. The van der Waals surface area contributed by atoms with Gasteiger partial charge >= 0.3 is 0 Å². The third-order valence-corrected chi connectivity index (χ3v) is 3.30. The van der Waals surface area contributed by atoms with E-state index in [0.717, 1.165) is 11.0 Å². The van der Waals surface area contributed by atoms with Crippen molar-refractivity contribution in [2.24, 2.45) is 0 Å². The first-order valence-electron chi connectivity index (χ1n) is 5.80. The van der Waals surface area contributed by atoms with Crippen LogP contribution >= 0.6 is 15.9 Å². The van der Waals surface area contributed by atoms with Crippen LogP contribution in [0.4, 0.5) is 5.69 Å². The van der Waals surface area contributed by atoms with Gasteiger partial charge in [0.2, 0.25) is 5.91 Å². The highest BCUT2D eigenvalue weighted by molar-refractivity contribution is 9.10. The van der Waals surface area contributed by atoms with Crippen LogP contribution < -0.4 is 15.4 Å². The van der Waals surface area contributed by atoms with Gasteiger partial charge in [-0.15, -0.1) is 0 Å². The highest BCUT2D eigenvalue weighted by atomic mass is 79.9. The van der Waals surface area contributed by atoms with Crippen molar-refractivity contribution in [2.75, 3.05) is 19.0 Å². The molecule has 0 bridgehead atoms. The van der Waals surface area contributed by atoms with Crippen LogP contribution in [0.2, 0.25) is 0 Å². The number of amides is 1. The second-order valence-corrected chi connectivity index (χ2v) is 5.31. The van der Waals surface area contributed by atoms with Crippen LogP contribution in [-0.4, -0.2) is 25.1 Å². The summed E-state index contributed by atoms with van der Waals surface area (Å²) in [6, 6.07) is 5.45. The van der Waals surface area contributed by atoms with Crippen molar-refractivity contribution in [2.45, 2.75) is 26.3 Å². The first kappa shape index (κ1) is 15.0. The SMILES string of the molecule is CCNC(C)(C)C(=O)Nc1cc(OC)ccc1Br. The lowest BCUT2D eigenvalue weighted by molar-refractivity contribution is -0.121. The Labute approximate surface area is 116 Å². The number of carbonyl (C=O) groups excluding carboxylic acids is 1. The second kappa shape index (κ2) is 6.20. The van der Waals surface area contributed by atoms with E-state index in [1.165, 1.54) is 0 Å².